The highest BCUT2D eigenvalue weighted by Gasteiger charge is 2.23. The van der Waals surface area contributed by atoms with E-state index in [9.17, 15) is 4.79 Å². The Morgan fingerprint density at radius 1 is 1.29 bits per heavy atom. The Kier molecular flexibility index (Phi) is 4.29. The summed E-state index contributed by atoms with van der Waals surface area (Å²) in [6, 6.07) is 5.90. The topological polar surface area (TPSA) is 40.5 Å². The van der Waals surface area contributed by atoms with Gasteiger partial charge >= 0.3 is 5.97 Å². The highest BCUT2D eigenvalue weighted by atomic mass is 16.4. The van der Waals surface area contributed by atoms with Gasteiger partial charge in [-0.05, 0) is 45.9 Å². The normalized spacial score (nSPS) is 14.7. The van der Waals surface area contributed by atoms with E-state index in [2.05, 4.69) is 32.0 Å². The molecule has 1 aromatic carbocycles. The molecule has 0 aliphatic heterocycles. The first-order chi connectivity index (χ1) is 7.84. The second kappa shape index (κ2) is 5.32. The lowest BCUT2D eigenvalue weighted by atomic mass is 9.98. The fourth-order valence-electron chi connectivity index (χ4n) is 2.02. The molecule has 2 atom stereocenters. The average molecular weight is 235 g/mol. The van der Waals surface area contributed by atoms with Gasteiger partial charge in [0.15, 0.2) is 0 Å². The zero-order chi connectivity index (χ0) is 13.2. The highest BCUT2D eigenvalue weighted by Crippen LogP contribution is 2.24. The molecular weight excluding hydrogens is 214 g/mol. The molecule has 0 radical (unpaired) electrons. The van der Waals surface area contributed by atoms with Crippen LogP contribution in [-0.2, 0) is 4.79 Å². The number of nitrogens with zero attached hydrogens (tertiary/aromatic N) is 1. The van der Waals surface area contributed by atoms with Gasteiger partial charge in [-0.2, -0.15) is 0 Å². The van der Waals surface area contributed by atoms with Gasteiger partial charge in [-0.3, -0.25) is 9.69 Å². The minimum atomic E-state index is -0.788. The summed E-state index contributed by atoms with van der Waals surface area (Å²) in [6.07, 6.45) is 0. The molecule has 0 aliphatic rings. The van der Waals surface area contributed by atoms with Crippen LogP contribution in [0.1, 0.15) is 36.6 Å². The van der Waals surface area contributed by atoms with E-state index in [1.54, 1.807) is 6.92 Å². The minimum absolute atomic E-state index is 0.0988. The Morgan fingerprint density at radius 3 is 2.35 bits per heavy atom. The summed E-state index contributed by atoms with van der Waals surface area (Å²) in [6.45, 7) is 7.88. The van der Waals surface area contributed by atoms with E-state index in [0.717, 1.165) is 0 Å². The standard InChI is InChI=1S/C14H21NO2/c1-9-6-7-13(10(2)8-9)11(3)15(5)12(4)14(16)17/h6-8,11-12H,1-5H3,(H,16,17). The van der Waals surface area contributed by atoms with Crippen LogP contribution in [0.2, 0.25) is 0 Å². The number of hydrogen-bond acceptors (Lipinski definition) is 2. The van der Waals surface area contributed by atoms with Crippen molar-refractivity contribution in [3.63, 3.8) is 0 Å². The van der Waals surface area contributed by atoms with Gasteiger partial charge in [0.1, 0.15) is 6.04 Å². The van der Waals surface area contributed by atoms with Gasteiger partial charge in [-0.1, -0.05) is 23.8 Å². The molecule has 0 aromatic heterocycles. The van der Waals surface area contributed by atoms with Crippen molar-refractivity contribution in [2.24, 2.45) is 0 Å². The van der Waals surface area contributed by atoms with Crippen LogP contribution in [0.15, 0.2) is 18.2 Å². The van der Waals surface area contributed by atoms with Crippen molar-refractivity contribution in [1.29, 1.82) is 0 Å². The van der Waals surface area contributed by atoms with E-state index >= 15 is 0 Å². The quantitative estimate of drug-likeness (QED) is 0.872. The number of carboxylic acids is 1. The number of aliphatic carboxylic acids is 1. The molecule has 0 spiro atoms. The van der Waals surface area contributed by atoms with Crippen LogP contribution in [0.25, 0.3) is 0 Å². The van der Waals surface area contributed by atoms with Crippen LogP contribution in [0.4, 0.5) is 0 Å². The van der Waals surface area contributed by atoms with E-state index in [1.807, 2.05) is 18.9 Å². The van der Waals surface area contributed by atoms with Crippen molar-refractivity contribution in [2.45, 2.75) is 39.8 Å². The van der Waals surface area contributed by atoms with E-state index in [4.69, 9.17) is 5.11 Å². The van der Waals surface area contributed by atoms with Crippen LogP contribution in [0.3, 0.4) is 0 Å². The van der Waals surface area contributed by atoms with E-state index < -0.39 is 12.0 Å². The third kappa shape index (κ3) is 3.07. The van der Waals surface area contributed by atoms with E-state index in [0.29, 0.717) is 0 Å². The van der Waals surface area contributed by atoms with Crippen LogP contribution < -0.4 is 0 Å². The maximum absolute atomic E-state index is 11.0. The maximum Gasteiger partial charge on any atom is 0.320 e. The van der Waals surface area contributed by atoms with Crippen LogP contribution in [0, 0.1) is 13.8 Å². The second-order valence-electron chi connectivity index (χ2n) is 4.72. The molecule has 1 N–H and O–H groups in total. The predicted molar refractivity (Wildman–Crippen MR) is 69.2 cm³/mol. The molecule has 0 saturated heterocycles. The van der Waals surface area contributed by atoms with E-state index in [1.165, 1.54) is 16.7 Å². The molecule has 0 fully saturated rings. The first kappa shape index (κ1) is 13.7. The van der Waals surface area contributed by atoms with Crippen molar-refractivity contribution < 1.29 is 9.90 Å². The largest absolute Gasteiger partial charge is 0.480 e. The second-order valence-corrected chi connectivity index (χ2v) is 4.72. The molecular formula is C14H21NO2. The number of carbonyl (C=O) groups is 1. The summed E-state index contributed by atoms with van der Waals surface area (Å²) in [5, 5.41) is 9.02. The number of hydrogen-bond donors (Lipinski definition) is 1. The number of benzene rings is 1. The fraction of sp³-hybridized carbons (Fsp3) is 0.500. The number of aryl methyl sites for hydroxylation is 2. The molecule has 0 amide bonds. The van der Waals surface area contributed by atoms with Gasteiger partial charge in [-0.25, -0.2) is 0 Å². The molecule has 2 unspecified atom stereocenters. The Balaban J connectivity index is 2.96. The summed E-state index contributed by atoms with van der Waals surface area (Å²) < 4.78 is 0. The maximum atomic E-state index is 11.0. The van der Waals surface area contributed by atoms with Crippen molar-refractivity contribution in [2.75, 3.05) is 7.05 Å². The molecule has 3 heteroatoms. The molecule has 0 heterocycles. The molecule has 17 heavy (non-hydrogen) atoms. The molecule has 1 aromatic rings. The Hall–Kier alpha value is -1.35. The zero-order valence-corrected chi connectivity index (χ0v) is 11.2. The molecule has 3 nitrogen and oxygen atoms in total. The number of likely N-dealkylation sites (N-methyl/N-ethyl adjacent to an activating group) is 1. The first-order valence-corrected chi connectivity index (χ1v) is 5.86. The minimum Gasteiger partial charge on any atom is -0.480 e. The molecule has 94 valence electrons. The smallest absolute Gasteiger partial charge is 0.320 e. The first-order valence-electron chi connectivity index (χ1n) is 5.86. The third-order valence-corrected chi connectivity index (χ3v) is 3.45. The molecule has 0 saturated carbocycles. The van der Waals surface area contributed by atoms with Crippen molar-refractivity contribution in [3.05, 3.63) is 34.9 Å². The molecule has 0 aliphatic carbocycles. The highest BCUT2D eigenvalue weighted by molar-refractivity contribution is 5.72. The van der Waals surface area contributed by atoms with Crippen molar-refractivity contribution >= 4 is 5.97 Å². The lowest BCUT2D eigenvalue weighted by Crippen LogP contribution is -2.37. The summed E-state index contributed by atoms with van der Waals surface area (Å²) in [5.41, 5.74) is 3.63. The fourth-order valence-corrected chi connectivity index (χ4v) is 2.02. The predicted octanol–water partition coefficient (Wildman–Crippen LogP) is 2.77. The van der Waals surface area contributed by atoms with Gasteiger partial charge in [-0.15, -0.1) is 0 Å². The Labute approximate surface area is 103 Å². The van der Waals surface area contributed by atoms with Crippen molar-refractivity contribution in [1.82, 2.24) is 4.90 Å². The summed E-state index contributed by atoms with van der Waals surface area (Å²) in [5.74, 6) is -0.788. The van der Waals surface area contributed by atoms with Crippen LogP contribution >= 0.6 is 0 Å². The number of carboxylic acid groups (broad SMARTS) is 1. The Morgan fingerprint density at radius 2 is 1.88 bits per heavy atom. The third-order valence-electron chi connectivity index (χ3n) is 3.45. The lowest BCUT2D eigenvalue weighted by molar-refractivity contribution is -0.142. The lowest BCUT2D eigenvalue weighted by Gasteiger charge is -2.29. The zero-order valence-electron chi connectivity index (χ0n) is 11.2. The van der Waals surface area contributed by atoms with Gasteiger partial charge < -0.3 is 5.11 Å². The molecule has 1 rings (SSSR count). The monoisotopic (exact) mass is 235 g/mol. The summed E-state index contributed by atoms with van der Waals surface area (Å²) in [4.78, 5) is 12.8. The van der Waals surface area contributed by atoms with Crippen LogP contribution in [0.5, 0.6) is 0 Å². The van der Waals surface area contributed by atoms with Gasteiger partial charge in [0.2, 0.25) is 0 Å². The number of rotatable bonds is 4. The van der Waals surface area contributed by atoms with Crippen LogP contribution in [-0.4, -0.2) is 29.1 Å². The Bertz CT molecular complexity index is 415. The van der Waals surface area contributed by atoms with Gasteiger partial charge in [0.25, 0.3) is 0 Å². The summed E-state index contributed by atoms with van der Waals surface area (Å²) in [7, 11) is 1.85. The molecule has 0 bridgehead atoms. The van der Waals surface area contributed by atoms with Crippen molar-refractivity contribution in [3.8, 4) is 0 Å². The average Bonchev–Trinajstić information content (AvgIpc) is 2.26. The van der Waals surface area contributed by atoms with Gasteiger partial charge in [0, 0.05) is 6.04 Å². The summed E-state index contributed by atoms with van der Waals surface area (Å²) >= 11 is 0. The SMILES string of the molecule is Cc1ccc(C(C)N(C)C(C)C(=O)O)c(C)c1. The van der Waals surface area contributed by atoms with E-state index in [-0.39, 0.29) is 6.04 Å². The van der Waals surface area contributed by atoms with Gasteiger partial charge in [0.05, 0.1) is 0 Å².